The lowest BCUT2D eigenvalue weighted by atomic mass is 9.96. The van der Waals surface area contributed by atoms with E-state index in [1.807, 2.05) is 12.1 Å². The van der Waals surface area contributed by atoms with Crippen LogP contribution in [0.5, 0.6) is 5.75 Å². The summed E-state index contributed by atoms with van der Waals surface area (Å²) in [5.41, 5.74) is 2.48. The Morgan fingerprint density at radius 3 is 2.43 bits per heavy atom. The highest BCUT2D eigenvalue weighted by Gasteiger charge is 2.15. The molecule has 0 amide bonds. The van der Waals surface area contributed by atoms with E-state index in [9.17, 15) is 0 Å². The Morgan fingerprint density at radius 1 is 1.10 bits per heavy atom. The van der Waals surface area contributed by atoms with Crippen molar-refractivity contribution in [2.24, 2.45) is 5.92 Å². The molecule has 2 aromatic carbocycles. The van der Waals surface area contributed by atoms with Gasteiger partial charge in [-0.1, -0.05) is 60.1 Å². The summed E-state index contributed by atoms with van der Waals surface area (Å²) in [4.78, 5) is 0. The predicted molar refractivity (Wildman–Crippen MR) is 91.6 cm³/mol. The van der Waals surface area contributed by atoms with Crippen molar-refractivity contribution in [3.8, 4) is 5.75 Å². The molecule has 2 aromatic rings. The summed E-state index contributed by atoms with van der Waals surface area (Å²) in [6, 6.07) is 17.0. The van der Waals surface area contributed by atoms with Crippen LogP contribution in [0.4, 0.5) is 0 Å². The Morgan fingerprint density at radius 2 is 1.81 bits per heavy atom. The Hall–Kier alpha value is -1.32. The van der Waals surface area contributed by atoms with Crippen LogP contribution in [0, 0.1) is 5.92 Å². The average Bonchev–Trinajstić information content (AvgIpc) is 2.48. The van der Waals surface area contributed by atoms with Gasteiger partial charge in [0, 0.05) is 22.6 Å². The molecule has 0 spiro atoms. The van der Waals surface area contributed by atoms with E-state index in [0.29, 0.717) is 12.0 Å². The fourth-order valence-corrected chi connectivity index (χ4v) is 2.91. The molecule has 1 unspecified atom stereocenters. The van der Waals surface area contributed by atoms with E-state index in [4.69, 9.17) is 4.74 Å². The lowest BCUT2D eigenvalue weighted by Gasteiger charge is -2.23. The third kappa shape index (κ3) is 4.32. The fourth-order valence-electron chi connectivity index (χ4n) is 2.50. The van der Waals surface area contributed by atoms with Crippen molar-refractivity contribution in [3.63, 3.8) is 0 Å². The van der Waals surface area contributed by atoms with E-state index in [2.05, 4.69) is 71.5 Å². The lowest BCUT2D eigenvalue weighted by Crippen LogP contribution is -2.25. The smallest absolute Gasteiger partial charge is 0.123 e. The minimum Gasteiger partial charge on any atom is -0.496 e. The molecule has 112 valence electrons. The van der Waals surface area contributed by atoms with E-state index in [0.717, 1.165) is 22.3 Å². The Bertz CT molecular complexity index is 569. The molecule has 0 fully saturated rings. The van der Waals surface area contributed by atoms with Gasteiger partial charge in [0.05, 0.1) is 7.11 Å². The second kappa shape index (κ2) is 7.62. The molecular formula is C18H22BrNO. The van der Waals surface area contributed by atoms with Gasteiger partial charge in [0.2, 0.25) is 0 Å². The second-order valence-corrected chi connectivity index (χ2v) is 6.39. The van der Waals surface area contributed by atoms with Crippen LogP contribution in [0.3, 0.4) is 0 Å². The number of rotatable bonds is 6. The van der Waals surface area contributed by atoms with Crippen LogP contribution in [0.1, 0.15) is 31.0 Å². The molecule has 1 atom stereocenters. The van der Waals surface area contributed by atoms with Gasteiger partial charge in [-0.3, -0.25) is 0 Å². The van der Waals surface area contributed by atoms with Crippen molar-refractivity contribution >= 4 is 15.9 Å². The van der Waals surface area contributed by atoms with E-state index >= 15 is 0 Å². The van der Waals surface area contributed by atoms with E-state index < -0.39 is 0 Å². The first-order valence-electron chi connectivity index (χ1n) is 7.22. The molecule has 0 radical (unpaired) electrons. The molecule has 2 rings (SSSR count). The van der Waals surface area contributed by atoms with Crippen LogP contribution in [0.2, 0.25) is 0 Å². The van der Waals surface area contributed by atoms with Gasteiger partial charge in [-0.05, 0) is 29.7 Å². The molecule has 0 bridgehead atoms. The number of benzene rings is 2. The van der Waals surface area contributed by atoms with Crippen LogP contribution in [-0.2, 0) is 6.54 Å². The molecule has 0 aliphatic carbocycles. The second-order valence-electron chi connectivity index (χ2n) is 5.47. The zero-order valence-electron chi connectivity index (χ0n) is 12.8. The molecule has 3 heteroatoms. The van der Waals surface area contributed by atoms with Crippen LogP contribution < -0.4 is 10.1 Å². The van der Waals surface area contributed by atoms with E-state index in [1.54, 1.807) is 7.11 Å². The highest BCUT2D eigenvalue weighted by Crippen LogP contribution is 2.26. The van der Waals surface area contributed by atoms with Crippen molar-refractivity contribution in [1.29, 1.82) is 0 Å². The number of methoxy groups -OCH3 is 1. The summed E-state index contributed by atoms with van der Waals surface area (Å²) in [5.74, 6) is 1.44. The highest BCUT2D eigenvalue weighted by molar-refractivity contribution is 9.10. The maximum absolute atomic E-state index is 5.44. The maximum Gasteiger partial charge on any atom is 0.123 e. The summed E-state index contributed by atoms with van der Waals surface area (Å²) in [6.45, 7) is 5.26. The molecule has 0 saturated heterocycles. The zero-order chi connectivity index (χ0) is 15.2. The number of hydrogen-bond acceptors (Lipinski definition) is 2. The van der Waals surface area contributed by atoms with Crippen molar-refractivity contribution < 1.29 is 4.74 Å². The topological polar surface area (TPSA) is 21.3 Å². The fraction of sp³-hybridized carbons (Fsp3) is 0.333. The van der Waals surface area contributed by atoms with Gasteiger partial charge < -0.3 is 10.1 Å². The molecule has 21 heavy (non-hydrogen) atoms. The molecule has 1 N–H and O–H groups in total. The van der Waals surface area contributed by atoms with Crippen LogP contribution in [-0.4, -0.2) is 7.11 Å². The van der Waals surface area contributed by atoms with Gasteiger partial charge in [-0.2, -0.15) is 0 Å². The van der Waals surface area contributed by atoms with Gasteiger partial charge in [-0.15, -0.1) is 0 Å². The monoisotopic (exact) mass is 347 g/mol. The Balaban J connectivity index is 2.14. The molecule has 2 nitrogen and oxygen atoms in total. The number of hydrogen-bond donors (Lipinski definition) is 1. The van der Waals surface area contributed by atoms with Gasteiger partial charge >= 0.3 is 0 Å². The third-order valence-electron chi connectivity index (χ3n) is 3.58. The predicted octanol–water partition coefficient (Wildman–Crippen LogP) is 4.94. The van der Waals surface area contributed by atoms with Gasteiger partial charge in [0.15, 0.2) is 0 Å². The Labute approximate surface area is 135 Å². The molecule has 0 aliphatic rings. The van der Waals surface area contributed by atoms with Crippen molar-refractivity contribution in [3.05, 3.63) is 64.1 Å². The third-order valence-corrected chi connectivity index (χ3v) is 4.07. The highest BCUT2D eigenvalue weighted by atomic mass is 79.9. The molecule has 0 aromatic heterocycles. The minimum atomic E-state index is 0.329. The minimum absolute atomic E-state index is 0.329. The maximum atomic E-state index is 5.44. The average molecular weight is 348 g/mol. The first kappa shape index (κ1) is 16.1. The number of halogens is 1. The summed E-state index contributed by atoms with van der Waals surface area (Å²) in [5, 5.41) is 3.65. The number of ether oxygens (including phenoxy) is 1. The van der Waals surface area contributed by atoms with Crippen LogP contribution >= 0.6 is 15.9 Å². The molecule has 0 aliphatic heterocycles. The first-order chi connectivity index (χ1) is 10.1. The van der Waals surface area contributed by atoms with Crippen LogP contribution in [0.25, 0.3) is 0 Å². The first-order valence-corrected chi connectivity index (χ1v) is 8.02. The van der Waals surface area contributed by atoms with Crippen molar-refractivity contribution in [2.75, 3.05) is 7.11 Å². The number of nitrogens with one attached hydrogen (secondary N) is 1. The van der Waals surface area contributed by atoms with Crippen LogP contribution in [0.15, 0.2) is 53.0 Å². The quantitative estimate of drug-likeness (QED) is 0.798. The normalized spacial score (nSPS) is 12.4. The summed E-state index contributed by atoms with van der Waals surface area (Å²) < 4.78 is 6.51. The molecule has 0 saturated carbocycles. The van der Waals surface area contributed by atoms with Gasteiger partial charge in [0.25, 0.3) is 0 Å². The standard InChI is InChI=1S/C18H22BrNO/c1-13(2)18(14-7-5-4-6-8-14)20-12-15-11-16(19)9-10-17(15)21-3/h4-11,13,18,20H,12H2,1-3H3. The van der Waals surface area contributed by atoms with Gasteiger partial charge in [0.1, 0.15) is 5.75 Å². The lowest BCUT2D eigenvalue weighted by molar-refractivity contribution is 0.388. The molecule has 0 heterocycles. The summed E-state index contributed by atoms with van der Waals surface area (Å²) in [7, 11) is 1.71. The SMILES string of the molecule is COc1ccc(Br)cc1CNC(c1ccccc1)C(C)C. The van der Waals surface area contributed by atoms with E-state index in [1.165, 1.54) is 5.56 Å². The van der Waals surface area contributed by atoms with Gasteiger partial charge in [-0.25, -0.2) is 0 Å². The Kier molecular flexibility index (Phi) is 5.83. The van der Waals surface area contributed by atoms with E-state index in [-0.39, 0.29) is 0 Å². The summed E-state index contributed by atoms with van der Waals surface area (Å²) >= 11 is 3.52. The van der Waals surface area contributed by atoms with Crippen molar-refractivity contribution in [1.82, 2.24) is 5.32 Å². The molecular weight excluding hydrogens is 326 g/mol. The van der Waals surface area contributed by atoms with Crippen molar-refractivity contribution in [2.45, 2.75) is 26.4 Å². The summed E-state index contributed by atoms with van der Waals surface area (Å²) in [6.07, 6.45) is 0. The largest absolute Gasteiger partial charge is 0.496 e. The zero-order valence-corrected chi connectivity index (χ0v) is 14.4.